The van der Waals surface area contributed by atoms with Gasteiger partial charge in [-0.1, -0.05) is 35.9 Å². The van der Waals surface area contributed by atoms with Crippen LogP contribution in [-0.4, -0.2) is 33.4 Å². The largest absolute Gasteiger partial charge is 0.354 e. The van der Waals surface area contributed by atoms with Crippen LogP contribution in [0.15, 0.2) is 48.5 Å². The number of carbonyl (C=O) groups excluding carboxylic acids is 2. The number of ether oxygens (including phenoxy) is 1. The maximum Gasteiger partial charge on any atom is 0.242 e. The first-order valence-electron chi connectivity index (χ1n) is 12.1. The molecular weight excluding hydrogens is 426 g/mol. The highest BCUT2D eigenvalue weighted by Gasteiger charge is 2.77. The molecule has 0 saturated carbocycles. The van der Waals surface area contributed by atoms with Gasteiger partial charge in [0.2, 0.25) is 11.8 Å². The van der Waals surface area contributed by atoms with Crippen molar-refractivity contribution in [3.63, 3.8) is 0 Å². The smallest absolute Gasteiger partial charge is 0.242 e. The van der Waals surface area contributed by atoms with Crippen LogP contribution in [0.3, 0.4) is 0 Å². The molecule has 3 aromatic rings. The van der Waals surface area contributed by atoms with Gasteiger partial charge in [0.05, 0.1) is 23.3 Å². The van der Waals surface area contributed by atoms with E-state index in [2.05, 4.69) is 49.4 Å². The lowest BCUT2D eigenvalue weighted by atomic mass is 9.77. The number of anilines is 1. The molecule has 2 unspecified atom stereocenters. The fraction of sp³-hybridized carbons (Fsp3) is 0.429. The molecule has 4 heterocycles. The van der Waals surface area contributed by atoms with E-state index in [1.807, 2.05) is 50.2 Å². The van der Waals surface area contributed by atoms with Gasteiger partial charge in [0.1, 0.15) is 5.92 Å². The van der Waals surface area contributed by atoms with Gasteiger partial charge < -0.3 is 9.30 Å². The summed E-state index contributed by atoms with van der Waals surface area (Å²) in [5, 5.41) is 1.13. The zero-order valence-corrected chi connectivity index (χ0v) is 20.6. The average Bonchev–Trinajstić information content (AvgIpc) is 3.44. The van der Waals surface area contributed by atoms with Crippen molar-refractivity contribution in [3.8, 4) is 0 Å². The predicted octanol–water partition coefficient (Wildman–Crippen LogP) is 4.65. The first-order valence-corrected chi connectivity index (χ1v) is 12.1. The Bertz CT molecular complexity index is 1350. The summed E-state index contributed by atoms with van der Waals surface area (Å²) < 4.78 is 8.88. The summed E-state index contributed by atoms with van der Waals surface area (Å²) in [6.07, 6.45) is 0. The van der Waals surface area contributed by atoms with Crippen LogP contribution in [0.25, 0.3) is 10.9 Å². The number of rotatable bonds is 3. The number of carbonyl (C=O) groups is 2. The minimum Gasteiger partial charge on any atom is -0.354 e. The molecule has 3 aliphatic rings. The van der Waals surface area contributed by atoms with E-state index >= 15 is 0 Å². The Labute approximate surface area is 200 Å². The van der Waals surface area contributed by atoms with Gasteiger partial charge in [-0.05, 0) is 52.8 Å². The van der Waals surface area contributed by atoms with Crippen molar-refractivity contribution in [2.75, 3.05) is 11.5 Å². The Morgan fingerprint density at radius 1 is 1.00 bits per heavy atom. The number of aromatic nitrogens is 1. The minimum absolute atomic E-state index is 0.127. The van der Waals surface area contributed by atoms with Gasteiger partial charge >= 0.3 is 0 Å². The molecule has 3 aliphatic heterocycles. The number of fused-ring (bicyclic) bond motifs is 10. The Morgan fingerprint density at radius 2 is 1.68 bits per heavy atom. The highest BCUT2D eigenvalue weighted by Crippen LogP contribution is 2.69. The van der Waals surface area contributed by atoms with Crippen LogP contribution >= 0.6 is 0 Å². The lowest BCUT2D eigenvalue weighted by molar-refractivity contribution is -0.195. The molecule has 0 spiro atoms. The summed E-state index contributed by atoms with van der Waals surface area (Å²) in [5.74, 6) is -1.38. The van der Waals surface area contributed by atoms with E-state index in [9.17, 15) is 9.59 Å². The molecule has 2 amide bonds. The number of amides is 2. The molecule has 6 nitrogen and oxygen atoms in total. The Morgan fingerprint density at radius 3 is 2.32 bits per heavy atom. The van der Waals surface area contributed by atoms with Crippen molar-refractivity contribution in [3.05, 3.63) is 65.4 Å². The molecule has 2 bridgehead atoms. The van der Waals surface area contributed by atoms with Crippen LogP contribution < -0.4 is 4.90 Å². The number of hydrogen-bond acceptors (Lipinski definition) is 4. The summed E-state index contributed by atoms with van der Waals surface area (Å²) >= 11 is 0. The SMILES string of the molecule is CCO[C@]12c3c(c4ccccc4n3C)[C@H](C3C(=O)N(c4ccc(C)cc4)C(=O)C31)N2C(C)(C)C. The molecule has 6 heteroatoms. The topological polar surface area (TPSA) is 54.8 Å². The van der Waals surface area contributed by atoms with E-state index < -0.39 is 17.6 Å². The maximum absolute atomic E-state index is 14.2. The summed E-state index contributed by atoms with van der Waals surface area (Å²) in [4.78, 5) is 31.9. The molecule has 6 rings (SSSR count). The summed E-state index contributed by atoms with van der Waals surface area (Å²) in [6, 6.07) is 15.7. The van der Waals surface area contributed by atoms with Crippen molar-refractivity contribution in [2.24, 2.45) is 18.9 Å². The average molecular weight is 458 g/mol. The van der Waals surface area contributed by atoms with Gasteiger partial charge in [-0.25, -0.2) is 4.90 Å². The number of aryl methyl sites for hydroxylation is 2. The van der Waals surface area contributed by atoms with Crippen molar-refractivity contribution in [1.29, 1.82) is 0 Å². The molecule has 2 aromatic carbocycles. The highest BCUT2D eigenvalue weighted by molar-refractivity contribution is 6.23. The third kappa shape index (κ3) is 2.38. The Balaban J connectivity index is 1.64. The summed E-state index contributed by atoms with van der Waals surface area (Å²) in [7, 11) is 2.05. The first-order chi connectivity index (χ1) is 16.1. The van der Waals surface area contributed by atoms with E-state index in [0.717, 1.165) is 27.7 Å². The summed E-state index contributed by atoms with van der Waals surface area (Å²) in [6.45, 7) is 10.9. The van der Waals surface area contributed by atoms with Gasteiger partial charge in [0, 0.05) is 35.7 Å². The lowest BCUT2D eigenvalue weighted by Crippen LogP contribution is -2.56. The third-order valence-corrected chi connectivity index (χ3v) is 7.91. The zero-order valence-electron chi connectivity index (χ0n) is 20.6. The fourth-order valence-electron chi connectivity index (χ4n) is 6.97. The number of para-hydroxylation sites is 1. The number of nitrogens with zero attached hydrogens (tertiary/aromatic N) is 3. The van der Waals surface area contributed by atoms with Crippen LogP contribution in [0.5, 0.6) is 0 Å². The fourth-order valence-corrected chi connectivity index (χ4v) is 6.97. The molecule has 2 fully saturated rings. The van der Waals surface area contributed by atoms with E-state index in [0.29, 0.717) is 12.3 Å². The van der Waals surface area contributed by atoms with E-state index in [1.54, 1.807) is 0 Å². The molecule has 176 valence electrons. The van der Waals surface area contributed by atoms with Crippen molar-refractivity contribution < 1.29 is 14.3 Å². The Hall–Kier alpha value is -2.96. The van der Waals surface area contributed by atoms with Crippen LogP contribution in [0.2, 0.25) is 0 Å². The van der Waals surface area contributed by atoms with Crippen molar-refractivity contribution in [1.82, 2.24) is 9.47 Å². The monoisotopic (exact) mass is 457 g/mol. The van der Waals surface area contributed by atoms with Crippen LogP contribution in [0, 0.1) is 18.8 Å². The van der Waals surface area contributed by atoms with Crippen LogP contribution in [0.4, 0.5) is 5.69 Å². The highest BCUT2D eigenvalue weighted by atomic mass is 16.5. The van der Waals surface area contributed by atoms with Gasteiger partial charge in [-0.3, -0.25) is 14.5 Å². The predicted molar refractivity (Wildman–Crippen MR) is 131 cm³/mol. The van der Waals surface area contributed by atoms with Gasteiger partial charge in [-0.2, -0.15) is 0 Å². The number of imide groups is 1. The second-order valence-electron chi connectivity index (χ2n) is 10.8. The van der Waals surface area contributed by atoms with E-state index in [4.69, 9.17) is 4.74 Å². The van der Waals surface area contributed by atoms with Crippen LogP contribution in [-0.2, 0) is 27.1 Å². The van der Waals surface area contributed by atoms with Crippen molar-refractivity contribution >= 4 is 28.4 Å². The molecule has 1 aromatic heterocycles. The first kappa shape index (κ1) is 21.6. The molecule has 2 saturated heterocycles. The second kappa shape index (κ2) is 6.80. The standard InChI is InChI=1S/C28H31N3O3/c1-7-34-28-22-21(25(32)30(26(22)33)17-14-12-16(2)13-15-17)23(31(28)27(3,4)5)20-18-10-8-9-11-19(18)29(6)24(20)28/h8-15,21-23H,7H2,1-6H3/t21?,22?,23-,28+/m1/s1. The van der Waals surface area contributed by atoms with E-state index in [-0.39, 0.29) is 23.4 Å². The minimum atomic E-state index is -1.00. The van der Waals surface area contributed by atoms with Crippen molar-refractivity contribution in [2.45, 2.75) is 51.9 Å². The van der Waals surface area contributed by atoms with Gasteiger partial charge in [-0.15, -0.1) is 0 Å². The molecule has 34 heavy (non-hydrogen) atoms. The maximum atomic E-state index is 14.2. The number of hydrogen-bond donors (Lipinski definition) is 0. The third-order valence-electron chi connectivity index (χ3n) is 7.91. The summed E-state index contributed by atoms with van der Waals surface area (Å²) in [5.41, 5.74) is 3.66. The normalized spacial score (nSPS) is 28.3. The quantitative estimate of drug-likeness (QED) is 0.537. The molecule has 4 atom stereocenters. The molecular formula is C28H31N3O3. The molecule has 0 aliphatic carbocycles. The van der Waals surface area contributed by atoms with Gasteiger partial charge in [0.25, 0.3) is 0 Å². The lowest BCUT2D eigenvalue weighted by Gasteiger charge is -2.45. The zero-order chi connectivity index (χ0) is 24.2. The van der Waals surface area contributed by atoms with Crippen LogP contribution in [0.1, 0.15) is 50.6 Å². The van der Waals surface area contributed by atoms with Gasteiger partial charge in [0.15, 0.2) is 5.72 Å². The second-order valence-corrected chi connectivity index (χ2v) is 10.8. The molecule has 0 radical (unpaired) electrons. The van der Waals surface area contributed by atoms with E-state index in [1.165, 1.54) is 4.90 Å². The Kier molecular flexibility index (Phi) is 4.31. The molecule has 0 N–H and O–H groups in total. The number of benzene rings is 2.